The summed E-state index contributed by atoms with van der Waals surface area (Å²) in [4.78, 5) is 4.37. The van der Waals surface area contributed by atoms with Gasteiger partial charge in [0.2, 0.25) is 11.7 Å². The molecule has 1 atom stereocenters. The minimum atomic E-state index is -0.525. The summed E-state index contributed by atoms with van der Waals surface area (Å²) in [6.07, 6.45) is 0.582. The van der Waals surface area contributed by atoms with Crippen LogP contribution in [0.5, 0.6) is 0 Å². The second kappa shape index (κ2) is 5.36. The second-order valence-electron chi connectivity index (χ2n) is 6.13. The van der Waals surface area contributed by atoms with Gasteiger partial charge >= 0.3 is 0 Å². The van der Waals surface area contributed by atoms with E-state index in [0.717, 1.165) is 0 Å². The standard InChI is InChI=1S/C13H25N3O2/c1-7-17-13(5,6)11-15-10(18-16-11)8-9(14)12(2,3)4/h9H,7-8,14H2,1-6H3. The topological polar surface area (TPSA) is 74.2 Å². The second-order valence-corrected chi connectivity index (χ2v) is 6.13. The maximum Gasteiger partial charge on any atom is 0.228 e. The van der Waals surface area contributed by atoms with Crippen LogP contribution in [0.25, 0.3) is 0 Å². The molecular weight excluding hydrogens is 230 g/mol. The molecule has 1 rings (SSSR count). The fraction of sp³-hybridized carbons (Fsp3) is 0.846. The van der Waals surface area contributed by atoms with Gasteiger partial charge in [0.25, 0.3) is 0 Å². The molecule has 0 amide bonds. The van der Waals surface area contributed by atoms with E-state index >= 15 is 0 Å². The predicted octanol–water partition coefficient (Wildman–Crippen LogP) is 2.26. The van der Waals surface area contributed by atoms with Gasteiger partial charge in [0.1, 0.15) is 5.60 Å². The van der Waals surface area contributed by atoms with Crippen molar-refractivity contribution in [1.29, 1.82) is 0 Å². The highest BCUT2D eigenvalue weighted by atomic mass is 16.5. The fourth-order valence-electron chi connectivity index (χ4n) is 1.50. The smallest absolute Gasteiger partial charge is 0.228 e. The lowest BCUT2D eigenvalue weighted by Crippen LogP contribution is -2.37. The number of rotatable bonds is 5. The van der Waals surface area contributed by atoms with E-state index in [9.17, 15) is 0 Å². The molecule has 0 aromatic carbocycles. The molecule has 0 bridgehead atoms. The molecule has 0 saturated carbocycles. The molecule has 0 saturated heterocycles. The largest absolute Gasteiger partial charge is 0.368 e. The predicted molar refractivity (Wildman–Crippen MR) is 70.1 cm³/mol. The Morgan fingerprint density at radius 1 is 1.28 bits per heavy atom. The first-order valence-corrected chi connectivity index (χ1v) is 6.39. The quantitative estimate of drug-likeness (QED) is 0.873. The van der Waals surface area contributed by atoms with Crippen LogP contribution in [0.4, 0.5) is 0 Å². The Morgan fingerprint density at radius 3 is 2.39 bits per heavy atom. The van der Waals surface area contributed by atoms with Crippen LogP contribution in [0.1, 0.15) is 53.3 Å². The van der Waals surface area contributed by atoms with Crippen molar-refractivity contribution < 1.29 is 9.26 Å². The van der Waals surface area contributed by atoms with Gasteiger partial charge in [-0.25, -0.2) is 0 Å². The molecule has 1 aromatic rings. The lowest BCUT2D eigenvalue weighted by Gasteiger charge is -2.25. The molecule has 2 N–H and O–H groups in total. The van der Waals surface area contributed by atoms with E-state index in [-0.39, 0.29) is 11.5 Å². The summed E-state index contributed by atoms with van der Waals surface area (Å²) in [5, 5.41) is 3.97. The van der Waals surface area contributed by atoms with Gasteiger partial charge in [0.05, 0.1) is 0 Å². The molecule has 5 heteroatoms. The van der Waals surface area contributed by atoms with Gasteiger partial charge < -0.3 is 15.0 Å². The highest BCUT2D eigenvalue weighted by Gasteiger charge is 2.29. The van der Waals surface area contributed by atoms with Gasteiger partial charge in [-0.15, -0.1) is 0 Å². The van der Waals surface area contributed by atoms with Crippen LogP contribution in [0.3, 0.4) is 0 Å². The molecule has 1 aromatic heterocycles. The van der Waals surface area contributed by atoms with Crippen molar-refractivity contribution in [3.63, 3.8) is 0 Å². The van der Waals surface area contributed by atoms with Gasteiger partial charge in [-0.1, -0.05) is 25.9 Å². The number of aromatic nitrogens is 2. The van der Waals surface area contributed by atoms with Crippen LogP contribution in [0.15, 0.2) is 4.52 Å². The van der Waals surface area contributed by atoms with E-state index < -0.39 is 5.60 Å². The maximum absolute atomic E-state index is 6.10. The molecule has 0 aliphatic rings. The molecule has 0 radical (unpaired) electrons. The van der Waals surface area contributed by atoms with Crippen molar-refractivity contribution in [2.45, 2.75) is 59.6 Å². The van der Waals surface area contributed by atoms with Crippen molar-refractivity contribution in [3.8, 4) is 0 Å². The number of nitrogens with two attached hydrogens (primary N) is 1. The summed E-state index contributed by atoms with van der Waals surface area (Å²) in [6.45, 7) is 12.7. The Hall–Kier alpha value is -0.940. The zero-order valence-electron chi connectivity index (χ0n) is 12.3. The molecular formula is C13H25N3O2. The molecule has 1 heterocycles. The van der Waals surface area contributed by atoms with Gasteiger partial charge in [-0.05, 0) is 26.2 Å². The van der Waals surface area contributed by atoms with Crippen LogP contribution >= 0.6 is 0 Å². The van der Waals surface area contributed by atoms with Gasteiger partial charge in [-0.3, -0.25) is 0 Å². The van der Waals surface area contributed by atoms with Crippen molar-refractivity contribution in [1.82, 2.24) is 10.1 Å². The zero-order chi connectivity index (χ0) is 14.0. The molecule has 5 nitrogen and oxygen atoms in total. The highest BCUT2D eigenvalue weighted by Crippen LogP contribution is 2.24. The summed E-state index contributed by atoms with van der Waals surface area (Å²) in [5.74, 6) is 1.14. The van der Waals surface area contributed by atoms with E-state index in [1.807, 2.05) is 20.8 Å². The lowest BCUT2D eigenvalue weighted by atomic mass is 9.85. The Kier molecular flexibility index (Phi) is 4.50. The summed E-state index contributed by atoms with van der Waals surface area (Å²) in [6, 6.07) is -0.0130. The van der Waals surface area contributed by atoms with Crippen LogP contribution < -0.4 is 5.73 Å². The third-order valence-electron chi connectivity index (χ3n) is 3.02. The molecule has 0 spiro atoms. The van der Waals surface area contributed by atoms with Gasteiger partial charge in [0, 0.05) is 19.1 Å². The average molecular weight is 255 g/mol. The van der Waals surface area contributed by atoms with Crippen LogP contribution in [0.2, 0.25) is 0 Å². The number of ether oxygens (including phenoxy) is 1. The van der Waals surface area contributed by atoms with E-state index in [1.165, 1.54) is 0 Å². The minimum Gasteiger partial charge on any atom is -0.368 e. The normalized spacial score (nSPS) is 14.8. The van der Waals surface area contributed by atoms with E-state index in [1.54, 1.807) is 0 Å². The maximum atomic E-state index is 6.10. The van der Waals surface area contributed by atoms with Crippen molar-refractivity contribution in [2.75, 3.05) is 6.61 Å². The van der Waals surface area contributed by atoms with Crippen molar-refractivity contribution in [2.24, 2.45) is 11.1 Å². The summed E-state index contributed by atoms with van der Waals surface area (Å²) < 4.78 is 10.8. The van der Waals surface area contributed by atoms with Gasteiger partial charge in [0.15, 0.2) is 0 Å². The SMILES string of the molecule is CCOC(C)(C)c1noc(CC(N)C(C)(C)C)n1. The van der Waals surface area contributed by atoms with E-state index in [0.29, 0.717) is 24.7 Å². The fourth-order valence-corrected chi connectivity index (χ4v) is 1.50. The van der Waals surface area contributed by atoms with Crippen molar-refractivity contribution in [3.05, 3.63) is 11.7 Å². The summed E-state index contributed by atoms with van der Waals surface area (Å²) in [7, 11) is 0. The Morgan fingerprint density at radius 2 is 1.89 bits per heavy atom. The first-order valence-electron chi connectivity index (χ1n) is 6.39. The zero-order valence-corrected chi connectivity index (χ0v) is 12.3. The van der Waals surface area contributed by atoms with Crippen LogP contribution in [-0.4, -0.2) is 22.8 Å². The summed E-state index contributed by atoms with van der Waals surface area (Å²) >= 11 is 0. The minimum absolute atomic E-state index is 0.0130. The van der Waals surface area contributed by atoms with Gasteiger partial charge in [-0.2, -0.15) is 4.98 Å². The molecule has 0 aliphatic heterocycles. The third kappa shape index (κ3) is 3.78. The lowest BCUT2D eigenvalue weighted by molar-refractivity contribution is -0.0221. The molecule has 1 unspecified atom stereocenters. The first kappa shape index (κ1) is 15.1. The Labute approximate surface area is 109 Å². The monoisotopic (exact) mass is 255 g/mol. The molecule has 0 aliphatic carbocycles. The highest BCUT2D eigenvalue weighted by molar-refractivity contribution is 4.99. The molecule has 0 fully saturated rings. The molecule has 18 heavy (non-hydrogen) atoms. The van der Waals surface area contributed by atoms with Crippen LogP contribution in [0, 0.1) is 5.41 Å². The Balaban J connectivity index is 2.75. The number of hydrogen-bond donors (Lipinski definition) is 1. The number of nitrogens with zero attached hydrogens (tertiary/aromatic N) is 2. The summed E-state index contributed by atoms with van der Waals surface area (Å²) in [5.41, 5.74) is 5.59. The van der Waals surface area contributed by atoms with E-state index in [2.05, 4.69) is 30.9 Å². The average Bonchev–Trinajstić information content (AvgIpc) is 2.65. The van der Waals surface area contributed by atoms with Crippen LogP contribution in [-0.2, 0) is 16.8 Å². The number of hydrogen-bond acceptors (Lipinski definition) is 5. The third-order valence-corrected chi connectivity index (χ3v) is 3.02. The van der Waals surface area contributed by atoms with E-state index in [4.69, 9.17) is 15.0 Å². The molecule has 104 valence electrons. The first-order chi connectivity index (χ1) is 8.16. The van der Waals surface area contributed by atoms with Crippen molar-refractivity contribution >= 4 is 0 Å². The Bertz CT molecular complexity index is 380.